The Morgan fingerprint density at radius 3 is 2.81 bits per heavy atom. The normalized spacial score (nSPS) is 24.5. The predicted molar refractivity (Wildman–Crippen MR) is 99.8 cm³/mol. The molecule has 2 saturated heterocycles. The van der Waals surface area contributed by atoms with Crippen LogP contribution in [0.25, 0.3) is 11.0 Å². The topological polar surface area (TPSA) is 68.9 Å². The van der Waals surface area contributed by atoms with Crippen molar-refractivity contribution in [2.45, 2.75) is 37.9 Å². The highest BCUT2D eigenvalue weighted by Gasteiger charge is 2.33. The Bertz CT molecular complexity index is 713. The van der Waals surface area contributed by atoms with Crippen LogP contribution in [0.2, 0.25) is 0 Å². The number of aromatic nitrogens is 2. The molecular weight excluding hydrogens is 330 g/mol. The van der Waals surface area contributed by atoms with Crippen LogP contribution in [0, 0.1) is 0 Å². The van der Waals surface area contributed by atoms with Crippen LogP contribution in [0.1, 0.15) is 24.8 Å². The molecule has 0 radical (unpaired) electrons. The third-order valence-electron chi connectivity index (χ3n) is 6.00. The van der Waals surface area contributed by atoms with Crippen LogP contribution in [0.3, 0.4) is 0 Å². The summed E-state index contributed by atoms with van der Waals surface area (Å²) in [6, 6.07) is 7.14. The third kappa shape index (κ3) is 3.76. The Morgan fingerprint density at radius 1 is 1.15 bits per heavy atom. The highest BCUT2D eigenvalue weighted by molar-refractivity contribution is 5.76. The number of piperidine rings is 1. The van der Waals surface area contributed by atoms with Gasteiger partial charge in [-0.3, -0.25) is 9.80 Å². The third-order valence-corrected chi connectivity index (χ3v) is 6.00. The summed E-state index contributed by atoms with van der Waals surface area (Å²) >= 11 is 0. The van der Waals surface area contributed by atoms with E-state index in [-0.39, 0.29) is 6.61 Å². The lowest BCUT2D eigenvalue weighted by Gasteiger charge is -2.47. The van der Waals surface area contributed by atoms with Crippen LogP contribution in [0.5, 0.6) is 0 Å². The van der Waals surface area contributed by atoms with E-state index in [1.165, 1.54) is 31.5 Å². The lowest BCUT2D eigenvalue weighted by Crippen LogP contribution is -2.58. The maximum atomic E-state index is 9.58. The highest BCUT2D eigenvalue weighted by Crippen LogP contribution is 2.24. The molecule has 1 aromatic carbocycles. The van der Waals surface area contributed by atoms with Gasteiger partial charge < -0.3 is 10.0 Å². The van der Waals surface area contributed by atoms with E-state index in [2.05, 4.69) is 38.1 Å². The van der Waals surface area contributed by atoms with Gasteiger partial charge in [0.15, 0.2) is 0 Å². The summed E-state index contributed by atoms with van der Waals surface area (Å²) in [4.78, 5) is 7.56. The van der Waals surface area contributed by atoms with Gasteiger partial charge in [0, 0.05) is 44.9 Å². The molecule has 1 atom stereocenters. The number of piperazine rings is 1. The summed E-state index contributed by atoms with van der Waals surface area (Å²) in [5.74, 6) is 0. The lowest BCUT2D eigenvalue weighted by molar-refractivity contribution is 0.00609. The minimum absolute atomic E-state index is 0.254. The molecule has 0 unspecified atom stereocenters. The Morgan fingerprint density at radius 2 is 2.00 bits per heavy atom. The van der Waals surface area contributed by atoms with E-state index in [0.29, 0.717) is 12.1 Å². The molecule has 2 aliphatic rings. The summed E-state index contributed by atoms with van der Waals surface area (Å²) in [5.41, 5.74) is 2.85. The quantitative estimate of drug-likeness (QED) is 0.860. The first kappa shape index (κ1) is 17.9. The molecule has 2 fully saturated rings. The second-order valence-electron chi connectivity index (χ2n) is 7.72. The average Bonchev–Trinajstić information content (AvgIpc) is 3.13. The molecule has 1 N–H and O–H groups in total. The van der Waals surface area contributed by atoms with E-state index < -0.39 is 0 Å². The van der Waals surface area contributed by atoms with Crippen LogP contribution < -0.4 is 0 Å². The van der Waals surface area contributed by atoms with Gasteiger partial charge >= 0.3 is 0 Å². The summed E-state index contributed by atoms with van der Waals surface area (Å²) in [5, 5.41) is 17.6. The van der Waals surface area contributed by atoms with Crippen molar-refractivity contribution in [1.82, 2.24) is 25.0 Å². The SMILES string of the molecule is CN1CCC(N2CCN(Cc3cccc4nonc34)C[C@H]2CCO)CC1. The molecule has 1 aromatic heterocycles. The van der Waals surface area contributed by atoms with Crippen molar-refractivity contribution in [3.05, 3.63) is 23.8 Å². The van der Waals surface area contributed by atoms with E-state index in [9.17, 15) is 5.11 Å². The van der Waals surface area contributed by atoms with Crippen molar-refractivity contribution in [2.24, 2.45) is 0 Å². The summed E-state index contributed by atoms with van der Waals surface area (Å²) in [7, 11) is 2.21. The molecule has 142 valence electrons. The monoisotopic (exact) mass is 359 g/mol. The van der Waals surface area contributed by atoms with E-state index in [1.54, 1.807) is 0 Å². The Labute approximate surface area is 154 Å². The number of rotatable bonds is 5. The number of likely N-dealkylation sites (tertiary alicyclic amines) is 1. The fraction of sp³-hybridized carbons (Fsp3) is 0.684. The molecule has 0 bridgehead atoms. The molecule has 7 nitrogen and oxygen atoms in total. The molecule has 4 rings (SSSR count). The second-order valence-corrected chi connectivity index (χ2v) is 7.72. The van der Waals surface area contributed by atoms with Gasteiger partial charge in [0.2, 0.25) is 0 Å². The molecule has 2 aromatic rings. The number of hydrogen-bond donors (Lipinski definition) is 1. The van der Waals surface area contributed by atoms with Crippen molar-refractivity contribution in [3.63, 3.8) is 0 Å². The molecule has 0 aliphatic carbocycles. The van der Waals surface area contributed by atoms with Gasteiger partial charge in [0.25, 0.3) is 0 Å². The zero-order valence-electron chi connectivity index (χ0n) is 15.5. The molecule has 2 aliphatic heterocycles. The number of fused-ring (bicyclic) bond motifs is 1. The molecule has 0 amide bonds. The van der Waals surface area contributed by atoms with Gasteiger partial charge in [0.05, 0.1) is 0 Å². The van der Waals surface area contributed by atoms with Crippen LogP contribution >= 0.6 is 0 Å². The highest BCUT2D eigenvalue weighted by atomic mass is 16.6. The van der Waals surface area contributed by atoms with Crippen molar-refractivity contribution >= 4 is 11.0 Å². The van der Waals surface area contributed by atoms with Crippen LogP contribution in [-0.4, -0.2) is 88.6 Å². The zero-order chi connectivity index (χ0) is 17.9. The average molecular weight is 359 g/mol. The molecule has 0 saturated carbocycles. The largest absolute Gasteiger partial charge is 0.396 e. The number of aliphatic hydroxyl groups is 1. The summed E-state index contributed by atoms with van der Waals surface area (Å²) in [6.45, 7) is 6.59. The number of benzene rings is 1. The van der Waals surface area contributed by atoms with Gasteiger partial charge in [-0.1, -0.05) is 12.1 Å². The second kappa shape index (κ2) is 8.00. The van der Waals surface area contributed by atoms with Gasteiger partial charge in [-0.05, 0) is 61.3 Å². The van der Waals surface area contributed by atoms with Gasteiger partial charge in [-0.25, -0.2) is 4.63 Å². The minimum Gasteiger partial charge on any atom is -0.396 e. The molecule has 3 heterocycles. The van der Waals surface area contributed by atoms with Crippen molar-refractivity contribution in [3.8, 4) is 0 Å². The van der Waals surface area contributed by atoms with Gasteiger partial charge in [-0.2, -0.15) is 0 Å². The molecule has 7 heteroatoms. The Hall–Kier alpha value is -1.54. The van der Waals surface area contributed by atoms with Crippen LogP contribution in [-0.2, 0) is 6.54 Å². The first-order chi connectivity index (χ1) is 12.7. The zero-order valence-corrected chi connectivity index (χ0v) is 15.5. The van der Waals surface area contributed by atoms with Crippen LogP contribution in [0.4, 0.5) is 0 Å². The minimum atomic E-state index is 0.254. The van der Waals surface area contributed by atoms with Crippen molar-refractivity contribution in [1.29, 1.82) is 0 Å². The van der Waals surface area contributed by atoms with Crippen LogP contribution in [0.15, 0.2) is 22.8 Å². The fourth-order valence-corrected chi connectivity index (χ4v) is 4.52. The van der Waals surface area contributed by atoms with Crippen molar-refractivity contribution in [2.75, 3.05) is 46.4 Å². The summed E-state index contributed by atoms with van der Waals surface area (Å²) < 4.78 is 4.90. The fourth-order valence-electron chi connectivity index (χ4n) is 4.52. The molecule has 26 heavy (non-hydrogen) atoms. The lowest BCUT2D eigenvalue weighted by atomic mass is 9.98. The number of hydrogen-bond acceptors (Lipinski definition) is 7. The maximum absolute atomic E-state index is 9.58. The van der Waals surface area contributed by atoms with E-state index >= 15 is 0 Å². The van der Waals surface area contributed by atoms with Gasteiger partial charge in [-0.15, -0.1) is 0 Å². The van der Waals surface area contributed by atoms with Crippen molar-refractivity contribution < 1.29 is 9.74 Å². The number of aliphatic hydroxyl groups excluding tert-OH is 1. The Kier molecular flexibility index (Phi) is 5.49. The molecular formula is C19H29N5O2. The Balaban J connectivity index is 1.43. The maximum Gasteiger partial charge on any atom is 0.139 e. The van der Waals surface area contributed by atoms with E-state index in [0.717, 1.165) is 43.6 Å². The van der Waals surface area contributed by atoms with Gasteiger partial charge in [0.1, 0.15) is 11.0 Å². The first-order valence-corrected chi connectivity index (χ1v) is 9.72. The summed E-state index contributed by atoms with van der Waals surface area (Å²) in [6.07, 6.45) is 3.32. The van der Waals surface area contributed by atoms with E-state index in [4.69, 9.17) is 4.63 Å². The predicted octanol–water partition coefficient (Wildman–Crippen LogP) is 1.19. The smallest absolute Gasteiger partial charge is 0.139 e. The molecule has 0 spiro atoms. The van der Waals surface area contributed by atoms with E-state index in [1.807, 2.05) is 12.1 Å². The first-order valence-electron chi connectivity index (χ1n) is 9.72. The standard InChI is InChI=1S/C19H29N5O2/c1-22-8-5-16(6-9-22)24-11-10-23(14-17(24)7-12-25)13-15-3-2-4-18-19(15)21-26-20-18/h2-4,16-17,25H,5-14H2,1H3/t17-/m1/s1. The number of nitrogens with zero attached hydrogens (tertiary/aromatic N) is 5.